The molecule has 1 nitrogen and oxygen atoms in total. The first-order valence-electron chi connectivity index (χ1n) is 3.65. The van der Waals surface area contributed by atoms with Crippen molar-refractivity contribution < 1.29 is 0 Å². The molecule has 1 fully saturated rings. The van der Waals surface area contributed by atoms with Crippen LogP contribution in [0.4, 0.5) is 0 Å². The summed E-state index contributed by atoms with van der Waals surface area (Å²) < 4.78 is 0. The van der Waals surface area contributed by atoms with Gasteiger partial charge in [0, 0.05) is 6.04 Å². The van der Waals surface area contributed by atoms with E-state index in [-0.39, 0.29) is 0 Å². The summed E-state index contributed by atoms with van der Waals surface area (Å²) in [5, 5.41) is 4.34. The number of hydrogen-bond acceptors (Lipinski definition) is 2. The summed E-state index contributed by atoms with van der Waals surface area (Å²) in [6.45, 7) is 0. The molecule has 0 aromatic carbocycles. The summed E-state index contributed by atoms with van der Waals surface area (Å²) in [6, 6.07) is 2.63. The molecule has 1 aliphatic rings. The predicted molar refractivity (Wildman–Crippen MR) is 44.3 cm³/mol. The maximum absolute atomic E-state index is 5.82. The molecule has 54 valence electrons. The van der Waals surface area contributed by atoms with Gasteiger partial charge in [0.2, 0.25) is 0 Å². The van der Waals surface area contributed by atoms with Gasteiger partial charge in [-0.2, -0.15) is 11.3 Å². The molecule has 1 aliphatic carbocycles. The topological polar surface area (TPSA) is 26.0 Å². The molecule has 0 bridgehead atoms. The maximum atomic E-state index is 5.82. The van der Waals surface area contributed by atoms with E-state index in [0.717, 1.165) is 0 Å². The van der Waals surface area contributed by atoms with Crippen molar-refractivity contribution in [2.45, 2.75) is 24.8 Å². The van der Waals surface area contributed by atoms with Crippen molar-refractivity contribution in [3.05, 3.63) is 22.4 Å². The molecule has 1 heterocycles. The number of thiophene rings is 1. The molecule has 2 N–H and O–H groups in total. The van der Waals surface area contributed by atoms with Gasteiger partial charge in [-0.3, -0.25) is 0 Å². The van der Waals surface area contributed by atoms with E-state index < -0.39 is 0 Å². The lowest BCUT2D eigenvalue weighted by molar-refractivity contribution is 0.347. The van der Waals surface area contributed by atoms with Gasteiger partial charge in [-0.05, 0) is 41.1 Å². The molecule has 2 rings (SSSR count). The average Bonchev–Trinajstić information content (AvgIpc) is 2.37. The van der Waals surface area contributed by atoms with E-state index in [9.17, 15) is 0 Å². The summed E-state index contributed by atoms with van der Waals surface area (Å²) in [6.07, 6.45) is 2.50. The van der Waals surface area contributed by atoms with Crippen LogP contribution in [0.25, 0.3) is 0 Å². The molecule has 1 aromatic rings. The van der Waals surface area contributed by atoms with Crippen LogP contribution in [0.3, 0.4) is 0 Å². The van der Waals surface area contributed by atoms with Crippen molar-refractivity contribution in [3.8, 4) is 0 Å². The van der Waals surface area contributed by atoms with Crippen LogP contribution in [0.5, 0.6) is 0 Å². The van der Waals surface area contributed by atoms with Gasteiger partial charge in [0.15, 0.2) is 0 Å². The molecule has 10 heavy (non-hydrogen) atoms. The Labute approximate surface area is 64.9 Å². The molecular weight excluding hydrogens is 142 g/mol. The van der Waals surface area contributed by atoms with Gasteiger partial charge in [0.1, 0.15) is 0 Å². The fourth-order valence-electron chi connectivity index (χ4n) is 1.43. The molecule has 0 spiro atoms. The highest BCUT2D eigenvalue weighted by Gasteiger charge is 2.28. The van der Waals surface area contributed by atoms with Crippen molar-refractivity contribution in [2.24, 2.45) is 5.73 Å². The van der Waals surface area contributed by atoms with Gasteiger partial charge < -0.3 is 5.73 Å². The molecule has 2 heteroatoms. The highest BCUT2D eigenvalue weighted by Crippen LogP contribution is 2.36. The SMILES string of the molecule is NC1CCC1c1ccsc1. The number of hydrogen-bond donors (Lipinski definition) is 1. The smallest absolute Gasteiger partial charge is 0.0108 e. The monoisotopic (exact) mass is 153 g/mol. The van der Waals surface area contributed by atoms with Crippen molar-refractivity contribution in [1.82, 2.24) is 0 Å². The van der Waals surface area contributed by atoms with Crippen molar-refractivity contribution in [3.63, 3.8) is 0 Å². The van der Waals surface area contributed by atoms with Crippen LogP contribution in [0.1, 0.15) is 24.3 Å². The number of nitrogens with two attached hydrogens (primary N) is 1. The van der Waals surface area contributed by atoms with Crippen LogP contribution in [0.15, 0.2) is 16.8 Å². The first-order valence-corrected chi connectivity index (χ1v) is 4.60. The lowest BCUT2D eigenvalue weighted by Gasteiger charge is -2.32. The Balaban J connectivity index is 2.14. The van der Waals surface area contributed by atoms with Gasteiger partial charge in [0.05, 0.1) is 0 Å². The van der Waals surface area contributed by atoms with Crippen LogP contribution < -0.4 is 5.73 Å². The molecule has 2 atom stereocenters. The maximum Gasteiger partial charge on any atom is 0.0108 e. The quantitative estimate of drug-likeness (QED) is 0.655. The van der Waals surface area contributed by atoms with E-state index >= 15 is 0 Å². The van der Waals surface area contributed by atoms with Crippen molar-refractivity contribution >= 4 is 11.3 Å². The molecule has 1 aromatic heterocycles. The highest BCUT2D eigenvalue weighted by atomic mass is 32.1. The van der Waals surface area contributed by atoms with Crippen LogP contribution >= 0.6 is 11.3 Å². The van der Waals surface area contributed by atoms with E-state index in [2.05, 4.69) is 16.8 Å². The first kappa shape index (κ1) is 6.38. The summed E-state index contributed by atoms with van der Waals surface area (Å²) in [5.41, 5.74) is 7.27. The second-order valence-electron chi connectivity index (χ2n) is 2.90. The molecule has 2 unspecified atom stereocenters. The molecule has 0 amide bonds. The third-order valence-electron chi connectivity index (χ3n) is 2.30. The predicted octanol–water partition coefficient (Wildman–Crippen LogP) is 1.95. The second-order valence-corrected chi connectivity index (χ2v) is 3.68. The Morgan fingerprint density at radius 2 is 2.40 bits per heavy atom. The van der Waals surface area contributed by atoms with Crippen LogP contribution in [-0.2, 0) is 0 Å². The lowest BCUT2D eigenvalue weighted by Crippen LogP contribution is -2.37. The average molecular weight is 153 g/mol. The van der Waals surface area contributed by atoms with Crippen LogP contribution in [0.2, 0.25) is 0 Å². The molecule has 0 saturated heterocycles. The standard InChI is InChI=1S/C8H11NS/c9-8-2-1-7(8)6-3-4-10-5-6/h3-5,7-8H,1-2,9H2. The van der Waals surface area contributed by atoms with Gasteiger partial charge in [-0.1, -0.05) is 0 Å². The summed E-state index contributed by atoms with van der Waals surface area (Å²) in [5.74, 6) is 0.672. The summed E-state index contributed by atoms with van der Waals surface area (Å²) in [4.78, 5) is 0. The lowest BCUT2D eigenvalue weighted by atomic mass is 9.77. The summed E-state index contributed by atoms with van der Waals surface area (Å²) in [7, 11) is 0. The van der Waals surface area contributed by atoms with Gasteiger partial charge in [-0.15, -0.1) is 0 Å². The zero-order chi connectivity index (χ0) is 6.97. The fraction of sp³-hybridized carbons (Fsp3) is 0.500. The van der Waals surface area contributed by atoms with Crippen LogP contribution in [-0.4, -0.2) is 6.04 Å². The fourth-order valence-corrected chi connectivity index (χ4v) is 2.15. The van der Waals surface area contributed by atoms with E-state index in [1.54, 1.807) is 11.3 Å². The van der Waals surface area contributed by atoms with Crippen molar-refractivity contribution in [1.29, 1.82) is 0 Å². The van der Waals surface area contributed by atoms with Gasteiger partial charge in [-0.25, -0.2) is 0 Å². The Morgan fingerprint density at radius 1 is 1.50 bits per heavy atom. The molecular formula is C8H11NS. The highest BCUT2D eigenvalue weighted by molar-refractivity contribution is 7.07. The Bertz CT molecular complexity index is 205. The minimum absolute atomic E-state index is 0.439. The normalized spacial score (nSPS) is 31.7. The Hall–Kier alpha value is -0.340. The minimum Gasteiger partial charge on any atom is -0.327 e. The second kappa shape index (κ2) is 2.36. The van der Waals surface area contributed by atoms with E-state index in [1.807, 2.05) is 0 Å². The molecule has 0 radical (unpaired) electrons. The third kappa shape index (κ3) is 0.879. The Morgan fingerprint density at radius 3 is 2.80 bits per heavy atom. The van der Waals surface area contributed by atoms with E-state index in [0.29, 0.717) is 12.0 Å². The Kier molecular flexibility index (Phi) is 1.51. The van der Waals surface area contributed by atoms with E-state index in [1.165, 1.54) is 18.4 Å². The van der Waals surface area contributed by atoms with E-state index in [4.69, 9.17) is 5.73 Å². The van der Waals surface area contributed by atoms with Gasteiger partial charge >= 0.3 is 0 Å². The summed E-state index contributed by atoms with van der Waals surface area (Å²) >= 11 is 1.76. The van der Waals surface area contributed by atoms with Crippen LogP contribution in [0, 0.1) is 0 Å². The number of rotatable bonds is 1. The third-order valence-corrected chi connectivity index (χ3v) is 3.00. The zero-order valence-electron chi connectivity index (χ0n) is 5.79. The molecule has 1 saturated carbocycles. The minimum atomic E-state index is 0.439. The van der Waals surface area contributed by atoms with Gasteiger partial charge in [0.25, 0.3) is 0 Å². The largest absolute Gasteiger partial charge is 0.327 e. The molecule has 0 aliphatic heterocycles. The zero-order valence-corrected chi connectivity index (χ0v) is 6.60. The first-order chi connectivity index (χ1) is 4.88. The van der Waals surface area contributed by atoms with Crippen molar-refractivity contribution in [2.75, 3.05) is 0 Å².